The van der Waals surface area contributed by atoms with E-state index in [-0.39, 0.29) is 0 Å². The fourth-order valence-corrected chi connectivity index (χ4v) is 3.07. The number of hydrogen-bond acceptors (Lipinski definition) is 3. The molecule has 94 valence electrons. The number of likely N-dealkylation sites (tertiary alicyclic amines) is 1. The van der Waals surface area contributed by atoms with Gasteiger partial charge in [0.25, 0.3) is 0 Å². The molecule has 1 saturated heterocycles. The highest BCUT2D eigenvalue weighted by Gasteiger charge is 2.45. The Morgan fingerprint density at radius 3 is 2.50 bits per heavy atom. The molecule has 16 heavy (non-hydrogen) atoms. The van der Waals surface area contributed by atoms with E-state index in [9.17, 15) is 0 Å². The Hall–Kier alpha value is -0.120. The first-order chi connectivity index (χ1) is 7.78. The van der Waals surface area contributed by atoms with Gasteiger partial charge in [-0.3, -0.25) is 0 Å². The Labute approximate surface area is 99.1 Å². The molecule has 1 saturated carbocycles. The van der Waals surface area contributed by atoms with Gasteiger partial charge in [-0.2, -0.15) is 0 Å². The predicted molar refractivity (Wildman–Crippen MR) is 64.6 cm³/mol. The quantitative estimate of drug-likeness (QED) is 0.670. The van der Waals surface area contributed by atoms with E-state index in [4.69, 9.17) is 9.47 Å². The molecule has 0 radical (unpaired) electrons. The van der Waals surface area contributed by atoms with Crippen LogP contribution < -0.4 is 0 Å². The number of nitrogens with zero attached hydrogens (tertiary/aromatic N) is 1. The molecule has 0 aromatic carbocycles. The zero-order valence-corrected chi connectivity index (χ0v) is 10.7. The van der Waals surface area contributed by atoms with E-state index < -0.39 is 0 Å². The van der Waals surface area contributed by atoms with Gasteiger partial charge in [0.2, 0.25) is 0 Å². The molecule has 2 aliphatic rings. The molecule has 0 aromatic heterocycles. The van der Waals surface area contributed by atoms with Crippen LogP contribution in [0.25, 0.3) is 0 Å². The Balaban J connectivity index is 1.64. The first-order valence-electron chi connectivity index (χ1n) is 6.61. The van der Waals surface area contributed by atoms with Gasteiger partial charge in [0.15, 0.2) is 0 Å². The second-order valence-corrected chi connectivity index (χ2v) is 5.30. The summed E-state index contributed by atoms with van der Waals surface area (Å²) in [5.41, 5.74) is 0.642. The molecule has 0 amide bonds. The Morgan fingerprint density at radius 2 is 1.94 bits per heavy atom. The van der Waals surface area contributed by atoms with Crippen LogP contribution in [0, 0.1) is 5.41 Å². The minimum atomic E-state index is 0.551. The topological polar surface area (TPSA) is 21.7 Å². The van der Waals surface area contributed by atoms with Crippen LogP contribution in [-0.4, -0.2) is 51.0 Å². The summed E-state index contributed by atoms with van der Waals surface area (Å²) in [6, 6.07) is 0. The monoisotopic (exact) mass is 227 g/mol. The number of ether oxygens (including phenoxy) is 2. The van der Waals surface area contributed by atoms with Crippen LogP contribution in [0.2, 0.25) is 0 Å². The normalized spacial score (nSPS) is 25.9. The first kappa shape index (κ1) is 12.3. The van der Waals surface area contributed by atoms with Gasteiger partial charge in [0.1, 0.15) is 0 Å². The number of piperidine rings is 1. The van der Waals surface area contributed by atoms with E-state index >= 15 is 0 Å². The molecule has 2 rings (SSSR count). The zero-order chi connectivity index (χ0) is 11.4. The molecule has 0 N–H and O–H groups in total. The molecule has 1 heterocycles. The van der Waals surface area contributed by atoms with Crippen molar-refractivity contribution < 1.29 is 9.47 Å². The van der Waals surface area contributed by atoms with Gasteiger partial charge < -0.3 is 14.4 Å². The third-order valence-electron chi connectivity index (χ3n) is 4.33. The fourth-order valence-electron chi connectivity index (χ4n) is 3.07. The molecule has 0 aromatic rings. The molecule has 2 fully saturated rings. The fraction of sp³-hybridized carbons (Fsp3) is 1.00. The van der Waals surface area contributed by atoms with Crippen LogP contribution >= 0.6 is 0 Å². The second kappa shape index (κ2) is 5.48. The average Bonchev–Trinajstić information content (AvgIpc) is 2.27. The lowest BCUT2D eigenvalue weighted by molar-refractivity contribution is -0.0890. The molecular formula is C13H25NO2. The summed E-state index contributed by atoms with van der Waals surface area (Å²) in [4.78, 5) is 2.54. The van der Waals surface area contributed by atoms with Crippen molar-refractivity contribution in [1.29, 1.82) is 0 Å². The first-order valence-corrected chi connectivity index (χ1v) is 6.61. The zero-order valence-electron chi connectivity index (χ0n) is 10.7. The summed E-state index contributed by atoms with van der Waals surface area (Å²) < 4.78 is 10.8. The van der Waals surface area contributed by atoms with Gasteiger partial charge in [-0.05, 0) is 51.1 Å². The third kappa shape index (κ3) is 2.76. The molecule has 0 bridgehead atoms. The van der Waals surface area contributed by atoms with Gasteiger partial charge in [-0.25, -0.2) is 0 Å². The van der Waals surface area contributed by atoms with E-state index in [0.717, 1.165) is 19.8 Å². The Morgan fingerprint density at radius 1 is 1.25 bits per heavy atom. The summed E-state index contributed by atoms with van der Waals surface area (Å²) in [6.07, 6.45) is 5.86. The van der Waals surface area contributed by atoms with Crippen molar-refractivity contribution in [3.8, 4) is 0 Å². The molecule has 1 aliphatic heterocycles. The van der Waals surface area contributed by atoms with Crippen LogP contribution in [0.5, 0.6) is 0 Å². The van der Waals surface area contributed by atoms with Gasteiger partial charge in [-0.15, -0.1) is 0 Å². The molecule has 1 aliphatic carbocycles. The summed E-state index contributed by atoms with van der Waals surface area (Å²) in [7, 11) is 1.84. The number of hydrogen-bond donors (Lipinski definition) is 0. The van der Waals surface area contributed by atoms with Crippen molar-refractivity contribution in [2.75, 3.05) is 40.0 Å². The highest BCUT2D eigenvalue weighted by molar-refractivity contribution is 4.97. The maximum absolute atomic E-state index is 5.40. The van der Waals surface area contributed by atoms with Crippen molar-refractivity contribution in [1.82, 2.24) is 4.90 Å². The van der Waals surface area contributed by atoms with Gasteiger partial charge >= 0.3 is 0 Å². The summed E-state index contributed by atoms with van der Waals surface area (Å²) in [5.74, 6) is 0. The molecule has 0 unspecified atom stereocenters. The Bertz CT molecular complexity index is 204. The molecule has 3 heteroatoms. The van der Waals surface area contributed by atoms with E-state index in [0.29, 0.717) is 11.5 Å². The van der Waals surface area contributed by atoms with Crippen LogP contribution in [0.4, 0.5) is 0 Å². The second-order valence-electron chi connectivity index (χ2n) is 5.30. The van der Waals surface area contributed by atoms with E-state index in [1.54, 1.807) is 0 Å². The number of rotatable bonds is 5. The lowest BCUT2D eigenvalue weighted by atomic mass is 9.61. The SMILES string of the molecule is CCOCCN1CCC2(CC1)CC(OC)C2. The maximum Gasteiger partial charge on any atom is 0.0593 e. The standard InChI is InChI=1S/C13H25NO2/c1-3-16-9-8-14-6-4-13(5-7-14)10-12(11-13)15-2/h12H,3-11H2,1-2H3. The van der Waals surface area contributed by atoms with E-state index in [1.165, 1.54) is 38.8 Å². The highest BCUT2D eigenvalue weighted by Crippen LogP contribution is 2.49. The Kier molecular flexibility index (Phi) is 4.22. The van der Waals surface area contributed by atoms with Gasteiger partial charge in [0, 0.05) is 20.3 Å². The lowest BCUT2D eigenvalue weighted by Gasteiger charge is -2.51. The predicted octanol–water partition coefficient (Wildman–Crippen LogP) is 1.91. The lowest BCUT2D eigenvalue weighted by Crippen LogP contribution is -2.50. The average molecular weight is 227 g/mol. The molecule has 3 nitrogen and oxygen atoms in total. The van der Waals surface area contributed by atoms with Gasteiger partial charge in [-0.1, -0.05) is 0 Å². The van der Waals surface area contributed by atoms with Gasteiger partial charge in [0.05, 0.1) is 12.7 Å². The smallest absolute Gasteiger partial charge is 0.0593 e. The summed E-state index contributed by atoms with van der Waals surface area (Å²) in [6.45, 7) is 7.41. The minimum Gasteiger partial charge on any atom is -0.381 e. The van der Waals surface area contributed by atoms with Crippen LogP contribution in [0.15, 0.2) is 0 Å². The summed E-state index contributed by atoms with van der Waals surface area (Å²) in [5, 5.41) is 0. The van der Waals surface area contributed by atoms with Crippen molar-refractivity contribution >= 4 is 0 Å². The molecular weight excluding hydrogens is 202 g/mol. The van der Waals surface area contributed by atoms with Crippen molar-refractivity contribution in [2.45, 2.75) is 38.7 Å². The molecule has 0 atom stereocenters. The van der Waals surface area contributed by atoms with E-state index in [2.05, 4.69) is 11.8 Å². The highest BCUT2D eigenvalue weighted by atomic mass is 16.5. The molecule has 1 spiro atoms. The van der Waals surface area contributed by atoms with Crippen LogP contribution in [-0.2, 0) is 9.47 Å². The van der Waals surface area contributed by atoms with Crippen molar-refractivity contribution in [2.24, 2.45) is 5.41 Å². The van der Waals surface area contributed by atoms with Crippen molar-refractivity contribution in [3.05, 3.63) is 0 Å². The van der Waals surface area contributed by atoms with E-state index in [1.807, 2.05) is 7.11 Å². The van der Waals surface area contributed by atoms with Crippen LogP contribution in [0.3, 0.4) is 0 Å². The third-order valence-corrected chi connectivity index (χ3v) is 4.33. The van der Waals surface area contributed by atoms with Crippen LogP contribution in [0.1, 0.15) is 32.6 Å². The number of methoxy groups -OCH3 is 1. The van der Waals surface area contributed by atoms with Crippen molar-refractivity contribution in [3.63, 3.8) is 0 Å². The largest absolute Gasteiger partial charge is 0.381 e. The minimum absolute atomic E-state index is 0.551. The summed E-state index contributed by atoms with van der Waals surface area (Å²) >= 11 is 0. The maximum atomic E-state index is 5.40.